The van der Waals surface area contributed by atoms with Crippen LogP contribution in [0.3, 0.4) is 0 Å². The van der Waals surface area contributed by atoms with Crippen molar-refractivity contribution in [2.75, 3.05) is 58.0 Å². The molecule has 212 valence electrons. The van der Waals surface area contributed by atoms with Crippen molar-refractivity contribution < 1.29 is 33.8 Å². The van der Waals surface area contributed by atoms with E-state index in [0.717, 1.165) is 5.56 Å². The summed E-state index contributed by atoms with van der Waals surface area (Å²) < 4.78 is 22.9. The number of aliphatic hydroxyl groups excluding tert-OH is 1. The molecule has 0 saturated heterocycles. The number of pyridine rings is 1. The number of carbonyl (C=O) groups is 1. The summed E-state index contributed by atoms with van der Waals surface area (Å²) in [4.78, 5) is 27.3. The van der Waals surface area contributed by atoms with Gasteiger partial charge in [-0.1, -0.05) is 30.3 Å². The van der Waals surface area contributed by atoms with Crippen molar-refractivity contribution in [2.24, 2.45) is 5.92 Å². The minimum Gasteiger partial charge on any atom is -0.459 e. The Morgan fingerprint density at radius 2 is 1.87 bits per heavy atom. The Morgan fingerprint density at radius 3 is 2.54 bits per heavy atom. The van der Waals surface area contributed by atoms with Crippen LogP contribution in [-0.4, -0.2) is 79.9 Å². The van der Waals surface area contributed by atoms with Gasteiger partial charge in [-0.3, -0.25) is 14.9 Å². The molecule has 0 spiro atoms. The van der Waals surface area contributed by atoms with Crippen LogP contribution in [-0.2, 0) is 23.7 Å². The van der Waals surface area contributed by atoms with Crippen LogP contribution in [0.15, 0.2) is 60.5 Å². The van der Waals surface area contributed by atoms with Gasteiger partial charge < -0.3 is 34.7 Å². The van der Waals surface area contributed by atoms with E-state index in [0.29, 0.717) is 45.2 Å². The summed E-state index contributed by atoms with van der Waals surface area (Å²) >= 11 is 0. The lowest BCUT2D eigenvalue weighted by molar-refractivity contribution is -0.385. The molecular formula is C27H36N4O8. The molecule has 0 bridgehead atoms. The molecule has 0 aliphatic carbocycles. The molecule has 1 aromatic carbocycles. The Balaban J connectivity index is 1.61. The summed E-state index contributed by atoms with van der Waals surface area (Å²) in [5.74, 6) is 0.0692. The van der Waals surface area contributed by atoms with Crippen LogP contribution in [0.4, 0.5) is 11.5 Å². The molecule has 12 heteroatoms. The SMILES string of the molecule is CCO[C@@H]1OC(C(=O)NCCNc2ccc([N+](=O)[O-])cn2)=C[C@H](c2ccccc2)[C@H]1CCOCCOCCO. The molecule has 39 heavy (non-hydrogen) atoms. The number of benzene rings is 1. The summed E-state index contributed by atoms with van der Waals surface area (Å²) in [6, 6.07) is 12.8. The monoisotopic (exact) mass is 544 g/mol. The second kappa shape index (κ2) is 16.4. The average molecular weight is 545 g/mol. The zero-order valence-corrected chi connectivity index (χ0v) is 22.0. The lowest BCUT2D eigenvalue weighted by Crippen LogP contribution is -2.40. The number of nitrogens with one attached hydrogen (secondary N) is 2. The van der Waals surface area contributed by atoms with Gasteiger partial charge in [0.15, 0.2) is 5.76 Å². The largest absolute Gasteiger partial charge is 0.459 e. The van der Waals surface area contributed by atoms with Crippen molar-refractivity contribution >= 4 is 17.4 Å². The highest BCUT2D eigenvalue weighted by molar-refractivity contribution is 5.91. The second-order valence-electron chi connectivity index (χ2n) is 8.65. The molecule has 1 aromatic heterocycles. The van der Waals surface area contributed by atoms with Crippen molar-refractivity contribution in [3.05, 3.63) is 76.2 Å². The number of rotatable bonds is 17. The Kier molecular flexibility index (Phi) is 12.6. The third kappa shape index (κ3) is 9.59. The Morgan fingerprint density at radius 1 is 1.10 bits per heavy atom. The minimum absolute atomic E-state index is 0.0239. The third-order valence-corrected chi connectivity index (χ3v) is 6.00. The second-order valence-corrected chi connectivity index (χ2v) is 8.65. The van der Waals surface area contributed by atoms with E-state index in [4.69, 9.17) is 24.1 Å². The van der Waals surface area contributed by atoms with Gasteiger partial charge in [0.05, 0.1) is 31.4 Å². The Bertz CT molecular complexity index is 1050. The van der Waals surface area contributed by atoms with Crippen LogP contribution in [0, 0.1) is 16.0 Å². The summed E-state index contributed by atoms with van der Waals surface area (Å²) in [7, 11) is 0. The number of hydrogen-bond acceptors (Lipinski definition) is 10. The van der Waals surface area contributed by atoms with Crippen molar-refractivity contribution in [3.63, 3.8) is 0 Å². The van der Waals surface area contributed by atoms with Gasteiger partial charge in [-0.2, -0.15) is 0 Å². The van der Waals surface area contributed by atoms with Gasteiger partial charge >= 0.3 is 0 Å². The zero-order chi connectivity index (χ0) is 27.9. The quantitative estimate of drug-likeness (QED) is 0.154. The molecule has 3 atom stereocenters. The molecule has 0 unspecified atom stereocenters. The van der Waals surface area contributed by atoms with E-state index >= 15 is 0 Å². The van der Waals surface area contributed by atoms with E-state index < -0.39 is 11.2 Å². The fourth-order valence-corrected chi connectivity index (χ4v) is 4.15. The van der Waals surface area contributed by atoms with E-state index in [-0.39, 0.29) is 48.9 Å². The fourth-order valence-electron chi connectivity index (χ4n) is 4.15. The van der Waals surface area contributed by atoms with Crippen molar-refractivity contribution in [3.8, 4) is 0 Å². The predicted molar refractivity (Wildman–Crippen MR) is 143 cm³/mol. The first-order valence-electron chi connectivity index (χ1n) is 13.0. The first-order valence-corrected chi connectivity index (χ1v) is 13.0. The van der Waals surface area contributed by atoms with E-state index in [9.17, 15) is 14.9 Å². The third-order valence-electron chi connectivity index (χ3n) is 6.00. The van der Waals surface area contributed by atoms with Crippen molar-refractivity contribution in [2.45, 2.75) is 25.6 Å². The highest BCUT2D eigenvalue weighted by Gasteiger charge is 2.37. The highest BCUT2D eigenvalue weighted by Crippen LogP contribution is 2.38. The topological polar surface area (TPSA) is 154 Å². The summed E-state index contributed by atoms with van der Waals surface area (Å²) in [5.41, 5.74) is 0.946. The lowest BCUT2D eigenvalue weighted by atomic mass is 9.81. The van der Waals surface area contributed by atoms with Gasteiger partial charge in [-0.15, -0.1) is 0 Å². The predicted octanol–water partition coefficient (Wildman–Crippen LogP) is 2.61. The number of aliphatic hydroxyl groups is 1. The molecule has 0 saturated carbocycles. The van der Waals surface area contributed by atoms with Crippen LogP contribution in [0.5, 0.6) is 0 Å². The molecule has 3 rings (SSSR count). The molecule has 0 radical (unpaired) electrons. The lowest BCUT2D eigenvalue weighted by Gasteiger charge is -2.37. The van der Waals surface area contributed by atoms with Crippen LogP contribution in [0.25, 0.3) is 0 Å². The summed E-state index contributed by atoms with van der Waals surface area (Å²) in [5, 5.41) is 25.4. The summed E-state index contributed by atoms with van der Waals surface area (Å²) in [6.45, 7) is 4.47. The molecule has 3 N–H and O–H groups in total. The number of anilines is 1. The van der Waals surface area contributed by atoms with Crippen molar-refractivity contribution in [1.29, 1.82) is 0 Å². The van der Waals surface area contributed by atoms with Gasteiger partial charge in [-0.25, -0.2) is 4.98 Å². The number of allylic oxidation sites excluding steroid dienone is 1. The highest BCUT2D eigenvalue weighted by atomic mass is 16.7. The average Bonchev–Trinajstić information content (AvgIpc) is 2.96. The van der Waals surface area contributed by atoms with E-state index in [1.165, 1.54) is 18.3 Å². The first kappa shape index (κ1) is 30.0. The molecule has 2 aromatic rings. The molecule has 0 fully saturated rings. The smallest absolute Gasteiger partial charge is 0.287 e. The molecule has 1 amide bonds. The fraction of sp³-hybridized carbons (Fsp3) is 0.481. The Hall–Kier alpha value is -3.58. The zero-order valence-electron chi connectivity index (χ0n) is 22.0. The molecular weight excluding hydrogens is 508 g/mol. The number of ether oxygens (including phenoxy) is 4. The Labute approximate surface area is 227 Å². The number of nitro groups is 1. The van der Waals surface area contributed by atoms with E-state index in [1.54, 1.807) is 0 Å². The number of hydrogen-bond donors (Lipinski definition) is 3. The van der Waals surface area contributed by atoms with E-state index in [1.807, 2.05) is 43.3 Å². The van der Waals surface area contributed by atoms with Gasteiger partial charge in [0.1, 0.15) is 12.0 Å². The van der Waals surface area contributed by atoms with Crippen LogP contribution in [0.1, 0.15) is 24.8 Å². The number of aromatic nitrogens is 1. The summed E-state index contributed by atoms with van der Waals surface area (Å²) in [6.07, 6.45) is 3.01. The maximum atomic E-state index is 13.0. The van der Waals surface area contributed by atoms with E-state index in [2.05, 4.69) is 15.6 Å². The van der Waals surface area contributed by atoms with Gasteiger partial charge in [-0.05, 0) is 31.1 Å². The number of amides is 1. The van der Waals surface area contributed by atoms with Gasteiger partial charge in [0.2, 0.25) is 6.29 Å². The molecule has 1 aliphatic rings. The minimum atomic E-state index is -0.636. The first-order chi connectivity index (χ1) is 19.0. The number of nitrogens with zero attached hydrogens (tertiary/aromatic N) is 2. The molecule has 12 nitrogen and oxygen atoms in total. The van der Waals surface area contributed by atoms with Crippen LogP contribution in [0.2, 0.25) is 0 Å². The maximum absolute atomic E-state index is 13.0. The van der Waals surface area contributed by atoms with Gasteiger partial charge in [0.25, 0.3) is 11.6 Å². The maximum Gasteiger partial charge on any atom is 0.287 e. The normalized spacial score (nSPS) is 18.6. The molecule has 1 aliphatic heterocycles. The number of carbonyl (C=O) groups excluding carboxylic acids is 1. The molecule has 2 heterocycles. The standard InChI is InChI=1S/C27H36N4O8/c1-2-38-27-22(10-14-36-16-17-37-15-13-32)23(20-6-4-3-5-7-20)18-24(39-27)26(33)29-12-11-28-25-9-8-21(19-30-25)31(34)35/h3-9,18-19,22-23,27,32H,2,10-17H2,1H3,(H,28,30)(H,29,33)/t22-,23-,27-/m1/s1. The van der Waals surface area contributed by atoms with Gasteiger partial charge in [0, 0.05) is 44.2 Å². The van der Waals surface area contributed by atoms with Crippen LogP contribution < -0.4 is 10.6 Å². The van der Waals surface area contributed by atoms with Crippen molar-refractivity contribution in [1.82, 2.24) is 10.3 Å². The van der Waals surface area contributed by atoms with Crippen LogP contribution >= 0.6 is 0 Å².